The minimum Gasteiger partial charge on any atom is -0.370 e. The normalized spacial score (nSPS) is 15.9. The molecule has 2 aromatic carbocycles. The fourth-order valence-corrected chi connectivity index (χ4v) is 5.70. The Hall–Kier alpha value is -3.27. The van der Waals surface area contributed by atoms with Gasteiger partial charge in [-0.25, -0.2) is 31.3 Å². The predicted octanol–water partition coefficient (Wildman–Crippen LogP) is 2.85. The molecule has 3 aromatic rings. The van der Waals surface area contributed by atoms with Crippen molar-refractivity contribution < 1.29 is 30.0 Å². The lowest BCUT2D eigenvalue weighted by Gasteiger charge is -2.14. The summed E-state index contributed by atoms with van der Waals surface area (Å²) in [7, 11) is -7.88. The van der Waals surface area contributed by atoms with Gasteiger partial charge in [0.15, 0.2) is 0 Å². The zero-order valence-corrected chi connectivity index (χ0v) is 20.8. The van der Waals surface area contributed by atoms with E-state index in [9.17, 15) is 30.0 Å². The molecular formula is C22H23F3N6O4S2. The van der Waals surface area contributed by atoms with Crippen molar-refractivity contribution in [3.63, 3.8) is 0 Å². The molecule has 37 heavy (non-hydrogen) atoms. The second-order valence-electron chi connectivity index (χ2n) is 8.07. The van der Waals surface area contributed by atoms with E-state index in [1.807, 2.05) is 0 Å². The van der Waals surface area contributed by atoms with Gasteiger partial charge >= 0.3 is 6.18 Å². The van der Waals surface area contributed by atoms with Crippen molar-refractivity contribution in [2.45, 2.75) is 28.8 Å². The second-order valence-corrected chi connectivity index (χ2v) is 11.6. The molecule has 0 aliphatic carbocycles. The van der Waals surface area contributed by atoms with E-state index in [0.717, 1.165) is 18.2 Å². The number of hydrogen-bond acceptors (Lipinski definition) is 8. The highest BCUT2D eigenvalue weighted by molar-refractivity contribution is 7.89. The molecule has 4 rings (SSSR count). The van der Waals surface area contributed by atoms with Crippen LogP contribution in [-0.4, -0.2) is 46.4 Å². The Kier molecular flexibility index (Phi) is 7.68. The molecule has 0 radical (unpaired) electrons. The van der Waals surface area contributed by atoms with E-state index < -0.39 is 36.7 Å². The summed E-state index contributed by atoms with van der Waals surface area (Å²) in [4.78, 5) is 8.26. The van der Waals surface area contributed by atoms with Crippen molar-refractivity contribution in [3.8, 4) is 0 Å². The van der Waals surface area contributed by atoms with Crippen LogP contribution in [-0.2, 0) is 32.6 Å². The van der Waals surface area contributed by atoms with Gasteiger partial charge in [0.2, 0.25) is 26.0 Å². The molecule has 1 aliphatic heterocycles. The molecule has 15 heteroatoms. The molecule has 0 fully saturated rings. The van der Waals surface area contributed by atoms with Crippen LogP contribution in [0, 0.1) is 0 Å². The molecule has 0 saturated heterocycles. The van der Waals surface area contributed by atoms with E-state index in [2.05, 4.69) is 30.0 Å². The molecule has 0 amide bonds. The first-order chi connectivity index (χ1) is 17.4. The van der Waals surface area contributed by atoms with Crippen molar-refractivity contribution in [2.24, 2.45) is 0 Å². The summed E-state index contributed by atoms with van der Waals surface area (Å²) >= 11 is 0. The van der Waals surface area contributed by atoms with Crippen molar-refractivity contribution in [2.75, 3.05) is 30.3 Å². The molecular weight excluding hydrogens is 533 g/mol. The zero-order valence-electron chi connectivity index (χ0n) is 19.2. The Bertz CT molecular complexity index is 1500. The number of rotatable bonds is 5. The summed E-state index contributed by atoms with van der Waals surface area (Å²) in [5.74, 6) is 0.603. The largest absolute Gasteiger partial charge is 0.416 e. The maximum atomic E-state index is 13.0. The predicted molar refractivity (Wildman–Crippen MR) is 130 cm³/mol. The number of alkyl halides is 3. The molecule has 10 nitrogen and oxygen atoms in total. The van der Waals surface area contributed by atoms with E-state index in [-0.39, 0.29) is 30.4 Å². The van der Waals surface area contributed by atoms with E-state index >= 15 is 0 Å². The number of nitrogens with zero attached hydrogens (tertiary/aromatic N) is 2. The second kappa shape index (κ2) is 10.6. The Morgan fingerprint density at radius 1 is 1.05 bits per heavy atom. The number of nitrogens with one attached hydrogen (secondary N) is 4. The van der Waals surface area contributed by atoms with Crippen molar-refractivity contribution in [1.82, 2.24) is 19.4 Å². The third-order valence-corrected chi connectivity index (χ3v) is 8.28. The highest BCUT2D eigenvalue weighted by Gasteiger charge is 2.31. The van der Waals surface area contributed by atoms with Crippen LogP contribution in [0.15, 0.2) is 64.5 Å². The van der Waals surface area contributed by atoms with Crippen molar-refractivity contribution in [3.05, 3.63) is 65.9 Å². The van der Waals surface area contributed by atoms with Gasteiger partial charge in [0.05, 0.1) is 15.4 Å². The van der Waals surface area contributed by atoms with Gasteiger partial charge in [-0.2, -0.15) is 18.2 Å². The molecule has 4 bridgehead atoms. The Morgan fingerprint density at radius 3 is 2.62 bits per heavy atom. The summed E-state index contributed by atoms with van der Waals surface area (Å²) in [6.07, 6.45) is -2.59. The van der Waals surface area contributed by atoms with Gasteiger partial charge in [0.1, 0.15) is 5.82 Å². The smallest absolute Gasteiger partial charge is 0.370 e. The quantitative estimate of drug-likeness (QED) is 0.376. The summed E-state index contributed by atoms with van der Waals surface area (Å²) in [6.45, 7) is 0.418. The van der Waals surface area contributed by atoms with Crippen molar-refractivity contribution >= 4 is 37.5 Å². The van der Waals surface area contributed by atoms with Gasteiger partial charge in [0.25, 0.3) is 0 Å². The molecule has 0 atom stereocenters. The van der Waals surface area contributed by atoms with E-state index in [0.29, 0.717) is 36.1 Å². The Labute approximate surface area is 211 Å². The van der Waals surface area contributed by atoms with Gasteiger partial charge in [-0.15, -0.1) is 0 Å². The number of halogens is 3. The molecule has 0 saturated carbocycles. The number of hydrogen-bond donors (Lipinski definition) is 4. The number of benzene rings is 2. The monoisotopic (exact) mass is 556 g/mol. The third-order valence-electron chi connectivity index (χ3n) is 5.36. The zero-order chi connectivity index (χ0) is 26.7. The van der Waals surface area contributed by atoms with E-state index in [4.69, 9.17) is 0 Å². The van der Waals surface area contributed by atoms with Crippen LogP contribution >= 0.6 is 0 Å². The highest BCUT2D eigenvalue weighted by atomic mass is 32.2. The lowest BCUT2D eigenvalue weighted by molar-refractivity contribution is -0.137. The summed E-state index contributed by atoms with van der Waals surface area (Å²) in [5.41, 5.74) is -0.0497. The van der Waals surface area contributed by atoms with Crippen LogP contribution in [0.5, 0.6) is 0 Å². The molecule has 1 aromatic heterocycles. The summed E-state index contributed by atoms with van der Waals surface area (Å²) in [5, 5.41) is 6.05. The van der Waals surface area contributed by atoms with Gasteiger partial charge in [-0.3, -0.25) is 0 Å². The molecule has 198 valence electrons. The molecule has 1 aliphatic rings. The van der Waals surface area contributed by atoms with Gasteiger partial charge in [-0.1, -0.05) is 12.1 Å². The summed E-state index contributed by atoms with van der Waals surface area (Å²) in [6, 6.07) is 9.66. The topological polar surface area (TPSA) is 142 Å². The van der Waals surface area contributed by atoms with Crippen LogP contribution in [0.25, 0.3) is 0 Å². The van der Waals surface area contributed by atoms with Crippen LogP contribution < -0.4 is 20.1 Å². The molecule has 2 heterocycles. The van der Waals surface area contributed by atoms with Crippen molar-refractivity contribution in [1.29, 1.82) is 0 Å². The first-order valence-corrected chi connectivity index (χ1v) is 14.0. The van der Waals surface area contributed by atoms with Crippen LogP contribution in [0.4, 0.5) is 30.6 Å². The number of fused-ring (bicyclic) bond motifs is 4. The number of sulfonamides is 2. The maximum absolute atomic E-state index is 13.0. The Balaban J connectivity index is 1.50. The first kappa shape index (κ1) is 26.8. The minimum absolute atomic E-state index is 0.0922. The highest BCUT2D eigenvalue weighted by Crippen LogP contribution is 2.30. The lowest BCUT2D eigenvalue weighted by Crippen LogP contribution is -2.27. The number of aromatic nitrogens is 2. The fourth-order valence-electron chi connectivity index (χ4n) is 3.50. The average Bonchev–Trinajstić information content (AvgIpc) is 2.84. The Morgan fingerprint density at radius 2 is 1.84 bits per heavy atom. The maximum Gasteiger partial charge on any atom is 0.416 e. The lowest BCUT2D eigenvalue weighted by atomic mass is 10.2. The first-order valence-electron chi connectivity index (χ1n) is 11.1. The van der Waals surface area contributed by atoms with Gasteiger partial charge < -0.3 is 10.6 Å². The van der Waals surface area contributed by atoms with Crippen LogP contribution in [0.2, 0.25) is 0 Å². The molecule has 4 N–H and O–H groups in total. The summed E-state index contributed by atoms with van der Waals surface area (Å²) < 4.78 is 93.8. The molecule has 0 spiro atoms. The van der Waals surface area contributed by atoms with Crippen LogP contribution in [0.3, 0.4) is 0 Å². The molecule has 0 unspecified atom stereocenters. The third kappa shape index (κ3) is 6.74. The average molecular weight is 557 g/mol. The van der Waals surface area contributed by atoms with Gasteiger partial charge in [0, 0.05) is 37.1 Å². The van der Waals surface area contributed by atoms with E-state index in [1.165, 1.54) is 18.3 Å². The minimum atomic E-state index is -4.67. The van der Waals surface area contributed by atoms with Crippen LogP contribution in [0.1, 0.15) is 17.5 Å². The van der Waals surface area contributed by atoms with Gasteiger partial charge in [-0.05, 0) is 49.2 Å². The van der Waals surface area contributed by atoms with E-state index in [1.54, 1.807) is 12.1 Å². The standard InChI is InChI=1S/C22H23F3N6O4S2/c23-22(24,25)16-4-1-6-18(12-16)36(32,33)29-11-8-15-14-27-21-30-17-5-2-7-19(13-17)37(34,35)28-10-3-9-26-20(15)31-21/h1-2,4-7,12-14,28-29H,3,8-11H2,(H2,26,27,30,31). The number of anilines is 3. The fraction of sp³-hybridized carbons (Fsp3) is 0.273. The SMILES string of the molecule is O=S1(=O)NCCCNc2nc(ncc2CCNS(=O)(=O)c2cccc(C(F)(F)F)c2)Nc2cccc1c2.